The van der Waals surface area contributed by atoms with Gasteiger partial charge < -0.3 is 0 Å². The van der Waals surface area contributed by atoms with E-state index in [0.29, 0.717) is 5.69 Å². The lowest BCUT2D eigenvalue weighted by Gasteiger charge is -2.02. The fourth-order valence-corrected chi connectivity index (χ4v) is 1.76. The number of pyridine rings is 1. The summed E-state index contributed by atoms with van der Waals surface area (Å²) in [5.41, 5.74) is 2.93. The molecule has 3 nitrogen and oxygen atoms in total. The van der Waals surface area contributed by atoms with Crippen molar-refractivity contribution in [3.8, 4) is 12.1 Å². The molecule has 2 rings (SSSR count). The minimum Gasteiger partial charge on any atom is -0.255 e. The Hall–Kier alpha value is -1.87. The van der Waals surface area contributed by atoms with Crippen LogP contribution in [0.2, 0.25) is 0 Å². The van der Waals surface area contributed by atoms with E-state index >= 15 is 0 Å². The first-order valence-electron chi connectivity index (χ1n) is 4.63. The van der Waals surface area contributed by atoms with E-state index in [9.17, 15) is 0 Å². The summed E-state index contributed by atoms with van der Waals surface area (Å²) in [7, 11) is 0. The van der Waals surface area contributed by atoms with Gasteiger partial charge in [0.25, 0.3) is 0 Å². The van der Waals surface area contributed by atoms with Crippen molar-refractivity contribution in [2.24, 2.45) is 0 Å². The number of rotatable bonds is 1. The maximum absolute atomic E-state index is 8.72. The molecule has 0 bridgehead atoms. The summed E-state index contributed by atoms with van der Waals surface area (Å²) in [5, 5.41) is 17.4. The molecule has 68 valence electrons. The van der Waals surface area contributed by atoms with Crippen LogP contribution in [0, 0.1) is 22.7 Å². The van der Waals surface area contributed by atoms with E-state index in [-0.39, 0.29) is 0 Å². The first-order valence-corrected chi connectivity index (χ1v) is 4.63. The van der Waals surface area contributed by atoms with Crippen molar-refractivity contribution in [1.82, 2.24) is 4.98 Å². The highest BCUT2D eigenvalue weighted by Crippen LogP contribution is 2.22. The molecular formula is C11H9N3. The first kappa shape index (κ1) is 8.72. The molecule has 1 aliphatic carbocycles. The number of fused-ring (bicyclic) bond motifs is 1. The normalized spacial score (nSPS) is 13.4. The predicted molar refractivity (Wildman–Crippen MR) is 50.2 cm³/mol. The van der Waals surface area contributed by atoms with Gasteiger partial charge in [-0.3, -0.25) is 4.98 Å². The Kier molecular flexibility index (Phi) is 2.16. The maximum atomic E-state index is 8.72. The molecule has 0 saturated carbocycles. The second-order valence-electron chi connectivity index (χ2n) is 3.39. The van der Waals surface area contributed by atoms with Crippen molar-refractivity contribution in [3.63, 3.8) is 0 Å². The average molecular weight is 183 g/mol. The van der Waals surface area contributed by atoms with Crippen molar-refractivity contribution >= 4 is 0 Å². The molecule has 1 aromatic heterocycles. The fraction of sp³-hybridized carbons (Fsp3) is 0.364. The summed E-state index contributed by atoms with van der Waals surface area (Å²) in [6.07, 6.45) is 3.19. The number of aryl methyl sites for hydroxylation is 2. The van der Waals surface area contributed by atoms with E-state index in [1.54, 1.807) is 6.07 Å². The second kappa shape index (κ2) is 3.47. The third-order valence-electron chi connectivity index (χ3n) is 2.50. The third kappa shape index (κ3) is 1.34. The van der Waals surface area contributed by atoms with Crippen LogP contribution < -0.4 is 0 Å². The highest BCUT2D eigenvalue weighted by atomic mass is 14.7. The Labute approximate surface area is 82.6 Å². The lowest BCUT2D eigenvalue weighted by Crippen LogP contribution is -1.99. The summed E-state index contributed by atoms with van der Waals surface area (Å²) < 4.78 is 0. The van der Waals surface area contributed by atoms with Crippen LogP contribution >= 0.6 is 0 Å². The number of hydrogen-bond acceptors (Lipinski definition) is 3. The van der Waals surface area contributed by atoms with E-state index in [1.165, 1.54) is 5.56 Å². The largest absolute Gasteiger partial charge is 0.255 e. The van der Waals surface area contributed by atoms with Gasteiger partial charge in [-0.15, -0.1) is 0 Å². The van der Waals surface area contributed by atoms with Gasteiger partial charge in [0.2, 0.25) is 0 Å². The lowest BCUT2D eigenvalue weighted by molar-refractivity contribution is 0.889. The molecular weight excluding hydrogens is 174 g/mol. The minimum absolute atomic E-state index is 0.593. The van der Waals surface area contributed by atoms with Crippen molar-refractivity contribution in [2.75, 3.05) is 0 Å². The summed E-state index contributed by atoms with van der Waals surface area (Å²) in [6, 6.07) is 7.66. The SMILES string of the molecule is N#CC(C#N)c1ccc2c(n1)CCC2. The Bertz CT molecular complexity index is 423. The molecule has 0 amide bonds. The maximum Gasteiger partial charge on any atom is 0.175 e. The zero-order valence-corrected chi connectivity index (χ0v) is 7.70. The van der Waals surface area contributed by atoms with Gasteiger partial charge >= 0.3 is 0 Å². The molecule has 14 heavy (non-hydrogen) atoms. The monoisotopic (exact) mass is 183 g/mol. The summed E-state index contributed by atoms with van der Waals surface area (Å²) >= 11 is 0. The number of nitrogens with zero attached hydrogens (tertiary/aromatic N) is 3. The molecule has 3 heteroatoms. The van der Waals surface area contributed by atoms with Crippen LogP contribution in [-0.2, 0) is 12.8 Å². The van der Waals surface area contributed by atoms with Crippen LogP contribution in [0.3, 0.4) is 0 Å². The van der Waals surface area contributed by atoms with E-state index in [4.69, 9.17) is 10.5 Å². The second-order valence-corrected chi connectivity index (χ2v) is 3.39. The fourth-order valence-electron chi connectivity index (χ4n) is 1.76. The average Bonchev–Trinajstić information content (AvgIpc) is 2.66. The van der Waals surface area contributed by atoms with Gasteiger partial charge in [-0.25, -0.2) is 0 Å². The molecule has 0 radical (unpaired) electrons. The van der Waals surface area contributed by atoms with Crippen LogP contribution in [0.5, 0.6) is 0 Å². The van der Waals surface area contributed by atoms with Crippen molar-refractivity contribution in [3.05, 3.63) is 29.1 Å². The van der Waals surface area contributed by atoms with Crippen molar-refractivity contribution in [1.29, 1.82) is 10.5 Å². The Morgan fingerprint density at radius 2 is 2.00 bits per heavy atom. The zero-order valence-electron chi connectivity index (χ0n) is 7.70. The standard InChI is InChI=1S/C11H9N3/c12-6-9(7-13)11-5-4-8-2-1-3-10(8)14-11/h4-5,9H,1-3H2. The van der Waals surface area contributed by atoms with E-state index in [2.05, 4.69) is 4.98 Å². The smallest absolute Gasteiger partial charge is 0.175 e. The Morgan fingerprint density at radius 3 is 2.71 bits per heavy atom. The van der Waals surface area contributed by atoms with Gasteiger partial charge in [-0.2, -0.15) is 10.5 Å². The summed E-state index contributed by atoms with van der Waals surface area (Å²) in [4.78, 5) is 4.35. The van der Waals surface area contributed by atoms with Crippen LogP contribution in [0.1, 0.15) is 29.3 Å². The van der Waals surface area contributed by atoms with E-state index < -0.39 is 5.92 Å². The van der Waals surface area contributed by atoms with Gasteiger partial charge in [0.15, 0.2) is 5.92 Å². The third-order valence-corrected chi connectivity index (χ3v) is 2.50. The number of aromatic nitrogens is 1. The highest BCUT2D eigenvalue weighted by molar-refractivity contribution is 5.32. The first-order chi connectivity index (χ1) is 6.85. The van der Waals surface area contributed by atoms with Gasteiger partial charge in [0.1, 0.15) is 0 Å². The van der Waals surface area contributed by atoms with Crippen LogP contribution in [0.25, 0.3) is 0 Å². The molecule has 0 aromatic carbocycles. The van der Waals surface area contributed by atoms with E-state index in [0.717, 1.165) is 25.0 Å². The van der Waals surface area contributed by atoms with Crippen LogP contribution in [0.15, 0.2) is 12.1 Å². The molecule has 0 N–H and O–H groups in total. The molecule has 1 heterocycles. The topological polar surface area (TPSA) is 60.5 Å². The molecule has 0 aliphatic heterocycles. The van der Waals surface area contributed by atoms with Gasteiger partial charge in [-0.05, 0) is 30.9 Å². The van der Waals surface area contributed by atoms with Gasteiger partial charge in [0, 0.05) is 5.69 Å². The number of nitriles is 2. The molecule has 0 fully saturated rings. The van der Waals surface area contributed by atoms with Crippen LogP contribution in [0.4, 0.5) is 0 Å². The summed E-state index contributed by atoms with van der Waals surface area (Å²) in [5.74, 6) is -0.721. The summed E-state index contributed by atoms with van der Waals surface area (Å²) in [6.45, 7) is 0. The minimum atomic E-state index is -0.721. The molecule has 0 atom stereocenters. The predicted octanol–water partition coefficient (Wildman–Crippen LogP) is 1.70. The van der Waals surface area contributed by atoms with Crippen LogP contribution in [-0.4, -0.2) is 4.98 Å². The quantitative estimate of drug-likeness (QED) is 0.665. The molecule has 1 aromatic rings. The lowest BCUT2D eigenvalue weighted by atomic mass is 10.1. The van der Waals surface area contributed by atoms with E-state index in [1.807, 2.05) is 18.2 Å². The van der Waals surface area contributed by atoms with Gasteiger partial charge in [-0.1, -0.05) is 6.07 Å². The molecule has 0 spiro atoms. The highest BCUT2D eigenvalue weighted by Gasteiger charge is 2.16. The van der Waals surface area contributed by atoms with Crippen molar-refractivity contribution < 1.29 is 0 Å². The zero-order chi connectivity index (χ0) is 9.97. The molecule has 1 aliphatic rings. The Morgan fingerprint density at radius 1 is 1.21 bits per heavy atom. The molecule has 0 saturated heterocycles. The Balaban J connectivity index is 2.39. The molecule has 0 unspecified atom stereocenters. The number of hydrogen-bond donors (Lipinski definition) is 0. The van der Waals surface area contributed by atoms with Crippen molar-refractivity contribution in [2.45, 2.75) is 25.2 Å². The van der Waals surface area contributed by atoms with Gasteiger partial charge in [0.05, 0.1) is 17.8 Å².